The summed E-state index contributed by atoms with van der Waals surface area (Å²) >= 11 is 0. The van der Waals surface area contributed by atoms with Crippen molar-refractivity contribution in [3.8, 4) is 11.5 Å². The van der Waals surface area contributed by atoms with Crippen molar-refractivity contribution in [1.82, 2.24) is 0 Å². The van der Waals surface area contributed by atoms with Crippen molar-refractivity contribution in [2.75, 3.05) is 7.11 Å². The Morgan fingerprint density at radius 3 is 2.14 bits per heavy atom. The number of ketones is 1. The van der Waals surface area contributed by atoms with Gasteiger partial charge in [-0.05, 0) is 31.2 Å². The van der Waals surface area contributed by atoms with Crippen LogP contribution in [0.2, 0.25) is 0 Å². The minimum absolute atomic E-state index is 0.0403. The van der Waals surface area contributed by atoms with Crippen LogP contribution in [0.1, 0.15) is 27.6 Å². The third-order valence-electron chi connectivity index (χ3n) is 2.86. The quantitative estimate of drug-likeness (QED) is 0.493. The largest absolute Gasteiger partial charge is 0.496 e. The highest BCUT2D eigenvalue weighted by Crippen LogP contribution is 2.29. The molecule has 0 amide bonds. The highest BCUT2D eigenvalue weighted by atomic mass is 19.1. The summed E-state index contributed by atoms with van der Waals surface area (Å²) in [6.45, 7) is 1.29. The van der Waals surface area contributed by atoms with Crippen LogP contribution in [0.4, 0.5) is 8.78 Å². The second kappa shape index (κ2) is 6.34. The Morgan fingerprint density at radius 1 is 1.00 bits per heavy atom. The van der Waals surface area contributed by atoms with Crippen LogP contribution in [-0.4, -0.2) is 18.9 Å². The maximum absolute atomic E-state index is 13.1. The molecule has 0 N–H and O–H groups in total. The molecule has 0 saturated heterocycles. The fourth-order valence-electron chi connectivity index (χ4n) is 1.94. The van der Waals surface area contributed by atoms with Crippen molar-refractivity contribution in [2.45, 2.75) is 6.92 Å². The maximum atomic E-state index is 13.1. The third-order valence-corrected chi connectivity index (χ3v) is 2.86. The molecule has 2 aromatic rings. The van der Waals surface area contributed by atoms with E-state index in [2.05, 4.69) is 0 Å². The second-order valence-electron chi connectivity index (χ2n) is 4.44. The molecule has 0 fully saturated rings. The SMILES string of the molecule is COc1cccc(OC(=O)c2cc(F)cc(F)c2)c1C(C)=O. The summed E-state index contributed by atoms with van der Waals surface area (Å²) < 4.78 is 36.4. The van der Waals surface area contributed by atoms with Gasteiger partial charge in [0.2, 0.25) is 0 Å². The number of rotatable bonds is 4. The summed E-state index contributed by atoms with van der Waals surface area (Å²) in [6, 6.07) is 6.80. The van der Waals surface area contributed by atoms with Crippen molar-refractivity contribution >= 4 is 11.8 Å². The van der Waals surface area contributed by atoms with E-state index in [-0.39, 0.29) is 28.4 Å². The number of carbonyl (C=O) groups excluding carboxylic acids is 2. The van der Waals surface area contributed by atoms with E-state index < -0.39 is 17.6 Å². The topological polar surface area (TPSA) is 52.6 Å². The van der Waals surface area contributed by atoms with Crippen LogP contribution in [0.25, 0.3) is 0 Å². The molecule has 0 bridgehead atoms. The number of benzene rings is 2. The fourth-order valence-corrected chi connectivity index (χ4v) is 1.94. The minimum atomic E-state index is -0.978. The molecular formula is C16H12F2O4. The van der Waals surface area contributed by atoms with Gasteiger partial charge >= 0.3 is 5.97 Å². The van der Waals surface area contributed by atoms with Crippen molar-refractivity contribution in [3.05, 3.63) is 59.2 Å². The summed E-state index contributed by atoms with van der Waals surface area (Å²) in [7, 11) is 1.37. The van der Waals surface area contributed by atoms with E-state index in [1.807, 2.05) is 0 Å². The molecule has 0 aliphatic carbocycles. The molecule has 6 heteroatoms. The molecule has 114 valence electrons. The average Bonchev–Trinajstić information content (AvgIpc) is 2.45. The third kappa shape index (κ3) is 3.28. The molecule has 2 rings (SSSR count). The fraction of sp³-hybridized carbons (Fsp3) is 0.125. The zero-order chi connectivity index (χ0) is 16.3. The molecular weight excluding hydrogens is 294 g/mol. The Balaban J connectivity index is 2.38. The molecule has 0 radical (unpaired) electrons. The minimum Gasteiger partial charge on any atom is -0.496 e. The van der Waals surface area contributed by atoms with Crippen molar-refractivity contribution in [1.29, 1.82) is 0 Å². The Morgan fingerprint density at radius 2 is 1.59 bits per heavy atom. The predicted molar refractivity (Wildman–Crippen MR) is 74.3 cm³/mol. The number of ether oxygens (including phenoxy) is 2. The summed E-state index contributed by atoms with van der Waals surface area (Å²) in [6.07, 6.45) is 0. The van der Waals surface area contributed by atoms with E-state index in [0.29, 0.717) is 6.07 Å². The first kappa shape index (κ1) is 15.6. The second-order valence-corrected chi connectivity index (χ2v) is 4.44. The van der Waals surface area contributed by atoms with Gasteiger partial charge in [0.15, 0.2) is 5.78 Å². The summed E-state index contributed by atoms with van der Waals surface area (Å²) in [5.41, 5.74) is -0.218. The number of carbonyl (C=O) groups is 2. The predicted octanol–water partition coefficient (Wildman–Crippen LogP) is 3.40. The molecule has 0 aromatic heterocycles. The van der Waals surface area contributed by atoms with Gasteiger partial charge in [0.1, 0.15) is 28.7 Å². The van der Waals surface area contributed by atoms with Gasteiger partial charge in [0, 0.05) is 6.07 Å². The molecule has 0 aliphatic heterocycles. The van der Waals surface area contributed by atoms with Crippen LogP contribution < -0.4 is 9.47 Å². The number of hydrogen-bond acceptors (Lipinski definition) is 4. The normalized spacial score (nSPS) is 10.2. The standard InChI is InChI=1S/C16H12F2O4/c1-9(19)15-13(21-2)4-3-5-14(15)22-16(20)10-6-11(17)8-12(18)7-10/h3-8H,1-2H3. The van der Waals surface area contributed by atoms with Crippen molar-refractivity contribution in [3.63, 3.8) is 0 Å². The van der Waals surface area contributed by atoms with Gasteiger partial charge in [-0.15, -0.1) is 0 Å². The Hall–Kier alpha value is -2.76. The van der Waals surface area contributed by atoms with Crippen LogP contribution in [0.15, 0.2) is 36.4 Å². The summed E-state index contributed by atoms with van der Waals surface area (Å²) in [5.74, 6) is -2.95. The molecule has 22 heavy (non-hydrogen) atoms. The van der Waals surface area contributed by atoms with Gasteiger partial charge in [0.05, 0.1) is 12.7 Å². The molecule has 0 heterocycles. The first-order valence-corrected chi connectivity index (χ1v) is 6.28. The number of methoxy groups -OCH3 is 1. The first-order chi connectivity index (χ1) is 10.4. The summed E-state index contributed by atoms with van der Waals surface area (Å²) in [5, 5.41) is 0. The lowest BCUT2D eigenvalue weighted by molar-refractivity contribution is 0.0731. The highest BCUT2D eigenvalue weighted by molar-refractivity contribution is 6.01. The van der Waals surface area contributed by atoms with E-state index in [0.717, 1.165) is 12.1 Å². The summed E-state index contributed by atoms with van der Waals surface area (Å²) in [4.78, 5) is 23.7. The average molecular weight is 306 g/mol. The van der Waals surface area contributed by atoms with E-state index in [4.69, 9.17) is 9.47 Å². The van der Waals surface area contributed by atoms with E-state index in [1.54, 1.807) is 0 Å². The lowest BCUT2D eigenvalue weighted by Crippen LogP contribution is -2.12. The Bertz CT molecular complexity index is 721. The number of Topliss-reactive ketones (excluding diaryl/α,β-unsaturated/α-hetero) is 1. The molecule has 0 saturated carbocycles. The van der Waals surface area contributed by atoms with Crippen LogP contribution >= 0.6 is 0 Å². The monoisotopic (exact) mass is 306 g/mol. The van der Waals surface area contributed by atoms with Gasteiger partial charge in [-0.1, -0.05) is 6.07 Å². The first-order valence-electron chi connectivity index (χ1n) is 6.28. The van der Waals surface area contributed by atoms with E-state index in [1.165, 1.54) is 32.2 Å². The van der Waals surface area contributed by atoms with E-state index >= 15 is 0 Å². The molecule has 0 atom stereocenters. The van der Waals surface area contributed by atoms with Gasteiger partial charge in [-0.25, -0.2) is 13.6 Å². The van der Waals surface area contributed by atoms with Gasteiger partial charge in [-0.2, -0.15) is 0 Å². The van der Waals surface area contributed by atoms with Gasteiger partial charge in [0.25, 0.3) is 0 Å². The molecule has 2 aromatic carbocycles. The number of halogens is 2. The van der Waals surface area contributed by atoms with Gasteiger partial charge in [-0.3, -0.25) is 4.79 Å². The van der Waals surface area contributed by atoms with Crippen LogP contribution in [0.5, 0.6) is 11.5 Å². The Kier molecular flexibility index (Phi) is 4.50. The molecule has 0 aliphatic rings. The zero-order valence-electron chi connectivity index (χ0n) is 11.9. The van der Waals surface area contributed by atoms with Crippen molar-refractivity contribution < 1.29 is 27.8 Å². The van der Waals surface area contributed by atoms with E-state index in [9.17, 15) is 18.4 Å². The highest BCUT2D eigenvalue weighted by Gasteiger charge is 2.19. The Labute approximate surface area is 125 Å². The molecule has 0 spiro atoms. The number of hydrogen-bond donors (Lipinski definition) is 0. The maximum Gasteiger partial charge on any atom is 0.343 e. The van der Waals surface area contributed by atoms with Crippen molar-refractivity contribution in [2.24, 2.45) is 0 Å². The van der Waals surface area contributed by atoms with Gasteiger partial charge < -0.3 is 9.47 Å². The number of esters is 1. The lowest BCUT2D eigenvalue weighted by Gasteiger charge is -2.11. The van der Waals surface area contributed by atoms with Crippen LogP contribution in [0.3, 0.4) is 0 Å². The van der Waals surface area contributed by atoms with Crippen LogP contribution in [-0.2, 0) is 0 Å². The molecule has 4 nitrogen and oxygen atoms in total. The smallest absolute Gasteiger partial charge is 0.343 e. The lowest BCUT2D eigenvalue weighted by atomic mass is 10.1. The molecule has 0 unspecified atom stereocenters. The zero-order valence-corrected chi connectivity index (χ0v) is 11.9. The van der Waals surface area contributed by atoms with Crippen LogP contribution in [0, 0.1) is 11.6 Å².